The van der Waals surface area contributed by atoms with E-state index in [1.807, 2.05) is 58.9 Å². The topological polar surface area (TPSA) is 255 Å². The Morgan fingerprint density at radius 2 is 1.29 bits per heavy atom. The van der Waals surface area contributed by atoms with Crippen molar-refractivity contribution in [1.29, 1.82) is 0 Å². The number of nitrogens with zero attached hydrogens (tertiary/aromatic N) is 6. The summed E-state index contributed by atoms with van der Waals surface area (Å²) in [6, 6.07) is 10.1. The fourth-order valence-electron chi connectivity index (χ4n) is 7.47. The van der Waals surface area contributed by atoms with Gasteiger partial charge in [-0.05, 0) is 80.9 Å². The molecule has 333 valence electrons. The molecular formula is C41H49B3N10NaO10. The number of aryl methyl sites for hydroxylation is 1. The zero-order valence-electron chi connectivity index (χ0n) is 38.1. The zero-order chi connectivity index (χ0) is 45.6. The van der Waals surface area contributed by atoms with Crippen LogP contribution in [0.3, 0.4) is 0 Å². The Balaban J connectivity index is 0.000000322. The maximum atomic E-state index is 12.1. The Hall–Kier alpha value is -5.29. The molecule has 2 amide bonds. The van der Waals surface area contributed by atoms with E-state index in [0.29, 0.717) is 63.2 Å². The number of aromatic nitrogens is 4. The molecule has 4 aliphatic heterocycles. The van der Waals surface area contributed by atoms with Gasteiger partial charge in [-0.25, -0.2) is 13.1 Å². The first-order chi connectivity index (χ1) is 30.0. The number of benzene rings is 2. The number of hydrogen-bond donors (Lipinski definition) is 5. The first-order valence-electron chi connectivity index (χ1n) is 20.1. The van der Waals surface area contributed by atoms with Gasteiger partial charge in [-0.15, -0.1) is 0 Å². The van der Waals surface area contributed by atoms with Crippen LogP contribution in [-0.4, -0.2) is 115 Å². The normalized spacial score (nSPS) is 21.2. The minimum Gasteiger partial charge on any atom is -1.00 e. The van der Waals surface area contributed by atoms with Crippen molar-refractivity contribution in [3.63, 3.8) is 0 Å². The van der Waals surface area contributed by atoms with E-state index >= 15 is 0 Å². The molecule has 2 aromatic heterocycles. The van der Waals surface area contributed by atoms with E-state index in [1.54, 1.807) is 33.9 Å². The van der Waals surface area contributed by atoms with E-state index in [9.17, 15) is 14.6 Å². The summed E-state index contributed by atoms with van der Waals surface area (Å²) in [5, 5.41) is 25.0. The number of nitrogens with one attached hydrogen (secondary N) is 2. The molecular weight excluding hydrogens is 848 g/mol. The molecule has 20 nitrogen and oxygen atoms in total. The second-order valence-corrected chi connectivity index (χ2v) is 16.3. The molecule has 3 saturated heterocycles. The molecule has 0 bridgehead atoms. The second kappa shape index (κ2) is 22.3. The molecule has 3 radical (unpaired) electrons. The number of nitrogens with two attached hydrogens (primary N) is 2. The van der Waals surface area contributed by atoms with E-state index < -0.39 is 37.3 Å². The van der Waals surface area contributed by atoms with Crippen molar-refractivity contribution in [2.45, 2.75) is 89.4 Å². The Morgan fingerprint density at radius 1 is 0.846 bits per heavy atom. The van der Waals surface area contributed by atoms with Crippen molar-refractivity contribution < 1.29 is 78.6 Å². The summed E-state index contributed by atoms with van der Waals surface area (Å²) >= 11 is 0. The van der Waals surface area contributed by atoms with Crippen LogP contribution in [0, 0.1) is 20.1 Å². The van der Waals surface area contributed by atoms with E-state index in [2.05, 4.69) is 30.5 Å². The third-order valence-corrected chi connectivity index (χ3v) is 11.7. The summed E-state index contributed by atoms with van der Waals surface area (Å²) in [5.74, 6) is -0.541. The maximum Gasteiger partial charge on any atom is 1.00 e. The minimum atomic E-state index is -0.911. The summed E-state index contributed by atoms with van der Waals surface area (Å²) in [7, 11) is -1.37. The van der Waals surface area contributed by atoms with Crippen molar-refractivity contribution in [2.24, 2.45) is 11.5 Å². The molecule has 0 aliphatic carbocycles. The number of rotatable bonds is 9. The monoisotopic (exact) mass is 897 g/mol. The summed E-state index contributed by atoms with van der Waals surface area (Å²) in [4.78, 5) is 47.6. The van der Waals surface area contributed by atoms with Crippen LogP contribution in [0.25, 0.3) is 9.69 Å². The number of primary amides is 2. The van der Waals surface area contributed by atoms with Gasteiger partial charge in [0.05, 0.1) is 44.2 Å². The van der Waals surface area contributed by atoms with Crippen LogP contribution in [0.2, 0.25) is 0 Å². The van der Waals surface area contributed by atoms with E-state index in [4.69, 9.17) is 57.6 Å². The van der Waals surface area contributed by atoms with Crippen molar-refractivity contribution in [2.75, 3.05) is 37.1 Å². The molecule has 65 heavy (non-hydrogen) atoms. The molecule has 3 fully saturated rings. The van der Waals surface area contributed by atoms with Crippen molar-refractivity contribution >= 4 is 74.6 Å². The Bertz CT molecular complexity index is 2460. The van der Waals surface area contributed by atoms with Gasteiger partial charge in [-0.3, -0.25) is 19.0 Å². The van der Waals surface area contributed by atoms with Gasteiger partial charge in [0, 0.05) is 45.0 Å². The van der Waals surface area contributed by atoms with Gasteiger partial charge < -0.3 is 61.7 Å². The molecule has 7 N–H and O–H groups in total. The number of fused-ring (bicyclic) bond motifs is 1. The first-order valence-corrected chi connectivity index (χ1v) is 20.1. The standard InChI is InChI=1S/C23H30BN5O4.C17H18BN5O4.CO2.B.Na.H/c1-14-11-15(7-8-17(14)24-32-22(2,3)23(4,5)33-24)27-21-16(20(25)30)12-29(28-21)19-13-31-10-9-18(19)26-6;1-20-14-4-5-26-9-15(14)23-7-12(16(19)24)17(22-23)21-11-2-3-13-10(6-11)8-27-18(13)25;2-1-3;;;/h7-8,11-12,18-19H,9-10,13H2,1-5H3,(H2,25,30)(H,27,28);2-3,6-7,14-15,25H,4-5,8-9H2,(H2,19,24)(H,21,22);;;;/q;;;;+1;-1/t18-,19?;14-,15-;;;;/m00..../s1. The van der Waals surface area contributed by atoms with Gasteiger partial charge in [0.25, 0.3) is 11.8 Å². The van der Waals surface area contributed by atoms with Crippen molar-refractivity contribution in [3.8, 4) is 0 Å². The first kappa shape index (κ1) is 52.3. The van der Waals surface area contributed by atoms with E-state index in [0.717, 1.165) is 27.7 Å². The smallest absolute Gasteiger partial charge is 1.00 e. The van der Waals surface area contributed by atoms with Gasteiger partial charge in [0.15, 0.2) is 11.6 Å². The van der Waals surface area contributed by atoms with Gasteiger partial charge in [-0.2, -0.15) is 19.8 Å². The Kier molecular flexibility index (Phi) is 17.9. The molecule has 2 aromatic carbocycles. The van der Waals surface area contributed by atoms with Crippen LogP contribution >= 0.6 is 0 Å². The predicted octanol–water partition coefficient (Wildman–Crippen LogP) is -1.07. The molecule has 24 heteroatoms. The number of carbonyl (C=O) groups excluding carboxylic acids is 4. The van der Waals surface area contributed by atoms with Crippen molar-refractivity contribution in [3.05, 3.63) is 93.9 Å². The predicted molar refractivity (Wildman–Crippen MR) is 235 cm³/mol. The van der Waals surface area contributed by atoms with Crippen LogP contribution in [-0.2, 0) is 39.6 Å². The van der Waals surface area contributed by atoms with Gasteiger partial charge in [0.1, 0.15) is 23.2 Å². The molecule has 8 rings (SSSR count). The van der Waals surface area contributed by atoms with Crippen LogP contribution in [0.1, 0.15) is 85.9 Å². The Labute approximate surface area is 402 Å². The molecule has 4 aromatic rings. The summed E-state index contributed by atoms with van der Waals surface area (Å²) < 4.78 is 31.8. The average molecular weight is 897 g/mol. The fraction of sp³-hybridized carbons (Fsp3) is 0.439. The SMILES string of the molecule is O=C=O.[B].[C-]#[N+][C@H]1CCOCC1n1cc(C(N)=O)c(Nc2ccc(B3OC(C)(C)C(C)(C)O3)c(C)c2)n1.[C-]#[N+][C@H]1CCOC[C@@H]1n1cc(C(N)=O)c(Nc2ccc3c(c2)COB3O)n1.[H-].[Na+]. The number of hydrogen-bond acceptors (Lipinski definition) is 14. The molecule has 4 atom stereocenters. The molecule has 0 saturated carbocycles. The van der Waals surface area contributed by atoms with Crippen LogP contribution < -0.4 is 62.6 Å². The van der Waals surface area contributed by atoms with Gasteiger partial charge >= 0.3 is 49.9 Å². The van der Waals surface area contributed by atoms with Crippen molar-refractivity contribution in [1.82, 2.24) is 19.6 Å². The molecule has 1 unspecified atom stereocenters. The largest absolute Gasteiger partial charge is 1.00 e. The van der Waals surface area contributed by atoms with Crippen LogP contribution in [0.15, 0.2) is 48.8 Å². The van der Waals surface area contributed by atoms with E-state index in [-0.39, 0.29) is 80.8 Å². The molecule has 6 heterocycles. The third-order valence-electron chi connectivity index (χ3n) is 11.7. The summed E-state index contributed by atoms with van der Waals surface area (Å²) in [6.07, 6.45) is 4.65. The van der Waals surface area contributed by atoms with Gasteiger partial charge in [-0.1, -0.05) is 12.1 Å². The Morgan fingerprint density at radius 3 is 1.72 bits per heavy atom. The number of ether oxygens (including phenoxy) is 2. The van der Waals surface area contributed by atoms with Crippen LogP contribution in [0.4, 0.5) is 23.0 Å². The number of carbonyl (C=O) groups is 2. The van der Waals surface area contributed by atoms with Crippen LogP contribution in [0.5, 0.6) is 0 Å². The fourth-order valence-corrected chi connectivity index (χ4v) is 7.47. The zero-order valence-corrected chi connectivity index (χ0v) is 39.1. The second-order valence-electron chi connectivity index (χ2n) is 16.3. The summed E-state index contributed by atoms with van der Waals surface area (Å²) in [6.45, 7) is 27.1. The third kappa shape index (κ3) is 11.8. The number of amides is 2. The minimum absolute atomic E-state index is 0. The maximum absolute atomic E-state index is 12.1. The summed E-state index contributed by atoms with van der Waals surface area (Å²) in [5.41, 5.74) is 15.7. The molecule has 0 spiro atoms. The molecule has 4 aliphatic rings. The quantitative estimate of drug-likeness (QED) is 0.0992. The average Bonchev–Trinajstić information content (AvgIpc) is 4.01. The number of anilines is 4. The van der Waals surface area contributed by atoms with Gasteiger partial charge in [0.2, 0.25) is 12.1 Å². The van der Waals surface area contributed by atoms with E-state index in [1.165, 1.54) is 0 Å².